The topological polar surface area (TPSA) is 105 Å². The predicted molar refractivity (Wildman–Crippen MR) is 131 cm³/mol. The molecular formula is C23H29N3O5S2. The molecule has 1 amide bonds. The van der Waals surface area contributed by atoms with Crippen LogP contribution in [0.5, 0.6) is 0 Å². The molecule has 1 aliphatic heterocycles. The number of nitrogens with one attached hydrogen (secondary N) is 2. The van der Waals surface area contributed by atoms with Crippen molar-refractivity contribution in [1.82, 2.24) is 4.72 Å². The maximum Gasteiger partial charge on any atom is 0.324 e. The highest BCUT2D eigenvalue weighted by molar-refractivity contribution is 7.98. The molecule has 8 nitrogen and oxygen atoms in total. The molecule has 0 spiro atoms. The molecule has 2 aromatic carbocycles. The molecule has 0 aromatic heterocycles. The molecule has 3 rings (SSSR count). The quantitative estimate of drug-likeness (QED) is 0.466. The van der Waals surface area contributed by atoms with Crippen LogP contribution in [0.25, 0.3) is 0 Å². The van der Waals surface area contributed by atoms with Gasteiger partial charge in [-0.15, -0.1) is 0 Å². The van der Waals surface area contributed by atoms with E-state index in [9.17, 15) is 18.0 Å². The van der Waals surface area contributed by atoms with Gasteiger partial charge in [0.2, 0.25) is 10.0 Å². The zero-order chi connectivity index (χ0) is 23.7. The number of benzene rings is 2. The fourth-order valence-electron chi connectivity index (χ4n) is 3.48. The van der Waals surface area contributed by atoms with E-state index in [1.807, 2.05) is 30.5 Å². The lowest BCUT2D eigenvalue weighted by atomic mass is 10.2. The van der Waals surface area contributed by atoms with Crippen molar-refractivity contribution < 1.29 is 22.7 Å². The molecule has 1 aliphatic rings. The van der Waals surface area contributed by atoms with Crippen molar-refractivity contribution in [3.8, 4) is 0 Å². The van der Waals surface area contributed by atoms with Crippen molar-refractivity contribution >= 4 is 45.0 Å². The van der Waals surface area contributed by atoms with E-state index in [4.69, 9.17) is 4.74 Å². The number of ether oxygens (including phenoxy) is 1. The molecular weight excluding hydrogens is 462 g/mol. The average Bonchev–Trinajstić information content (AvgIpc) is 3.36. The average molecular weight is 492 g/mol. The lowest BCUT2D eigenvalue weighted by Crippen LogP contribution is -2.43. The third kappa shape index (κ3) is 7.48. The minimum absolute atomic E-state index is 0.0575. The molecule has 1 fully saturated rings. The number of carbonyl (C=O) groups excluding carboxylic acids is 2. The number of rotatable bonds is 11. The largest absolute Gasteiger partial charge is 0.454 e. The number of esters is 1. The van der Waals surface area contributed by atoms with Gasteiger partial charge in [0.05, 0.1) is 4.90 Å². The summed E-state index contributed by atoms with van der Waals surface area (Å²) in [6.07, 6.45) is 4.47. The summed E-state index contributed by atoms with van der Waals surface area (Å²) >= 11 is 1.48. The second kappa shape index (κ2) is 12.1. The smallest absolute Gasteiger partial charge is 0.324 e. The van der Waals surface area contributed by atoms with Gasteiger partial charge in [-0.3, -0.25) is 9.59 Å². The molecule has 0 saturated carbocycles. The van der Waals surface area contributed by atoms with Crippen LogP contribution >= 0.6 is 11.8 Å². The second-order valence-corrected chi connectivity index (χ2v) is 10.4. The predicted octanol–water partition coefficient (Wildman–Crippen LogP) is 2.87. The first kappa shape index (κ1) is 25.1. The summed E-state index contributed by atoms with van der Waals surface area (Å²) < 4.78 is 32.7. The Hall–Kier alpha value is -2.56. The Balaban J connectivity index is 1.54. The van der Waals surface area contributed by atoms with Gasteiger partial charge in [0.25, 0.3) is 5.91 Å². The molecule has 1 unspecified atom stereocenters. The molecule has 33 heavy (non-hydrogen) atoms. The molecule has 0 bridgehead atoms. The highest BCUT2D eigenvalue weighted by Gasteiger charge is 2.27. The first-order valence-corrected chi connectivity index (χ1v) is 13.6. The normalized spacial score (nSPS) is 14.6. The number of nitrogens with zero attached hydrogens (tertiary/aromatic N) is 1. The minimum atomic E-state index is -3.90. The molecule has 10 heteroatoms. The standard InChI is InChI=1S/C23H29N3O5S2/c1-32-16-13-21(25-33(29,30)20-7-3-2-4-8-20)23(28)31-17-22(27)24-18-9-11-19(12-10-18)26-14-5-6-15-26/h2-4,7-12,21,25H,5-6,13-17H2,1H3,(H,24,27). The van der Waals surface area contributed by atoms with Crippen LogP contribution in [0.4, 0.5) is 11.4 Å². The summed E-state index contributed by atoms with van der Waals surface area (Å²) in [6.45, 7) is 1.57. The van der Waals surface area contributed by atoms with Crippen LogP contribution in [0.2, 0.25) is 0 Å². The van der Waals surface area contributed by atoms with Gasteiger partial charge in [-0.2, -0.15) is 16.5 Å². The van der Waals surface area contributed by atoms with Crippen LogP contribution < -0.4 is 14.9 Å². The number of amides is 1. The molecule has 2 aromatic rings. The van der Waals surface area contributed by atoms with E-state index < -0.39 is 34.5 Å². The summed E-state index contributed by atoms with van der Waals surface area (Å²) in [4.78, 5) is 27.2. The number of sulfonamides is 1. The monoisotopic (exact) mass is 491 g/mol. The molecule has 1 saturated heterocycles. The Morgan fingerprint density at radius 2 is 1.73 bits per heavy atom. The number of anilines is 2. The molecule has 2 N–H and O–H groups in total. The van der Waals surface area contributed by atoms with Gasteiger partial charge in [-0.1, -0.05) is 18.2 Å². The van der Waals surface area contributed by atoms with Gasteiger partial charge in [0.1, 0.15) is 6.04 Å². The van der Waals surface area contributed by atoms with Crippen molar-refractivity contribution in [3.63, 3.8) is 0 Å². The number of thioether (sulfide) groups is 1. The highest BCUT2D eigenvalue weighted by atomic mass is 32.2. The van der Waals surface area contributed by atoms with Gasteiger partial charge in [0.15, 0.2) is 6.61 Å². The molecule has 1 heterocycles. The fraction of sp³-hybridized carbons (Fsp3) is 0.391. The van der Waals surface area contributed by atoms with Gasteiger partial charge in [0, 0.05) is 24.5 Å². The van der Waals surface area contributed by atoms with Crippen molar-refractivity contribution in [2.24, 2.45) is 0 Å². The summed E-state index contributed by atoms with van der Waals surface area (Å²) in [5.41, 5.74) is 1.71. The van der Waals surface area contributed by atoms with E-state index in [0.29, 0.717) is 11.4 Å². The number of carbonyl (C=O) groups is 2. The zero-order valence-corrected chi connectivity index (χ0v) is 20.2. The van der Waals surface area contributed by atoms with E-state index in [1.54, 1.807) is 18.2 Å². The molecule has 1 atom stereocenters. The van der Waals surface area contributed by atoms with Crippen molar-refractivity contribution in [2.45, 2.75) is 30.2 Å². The minimum Gasteiger partial charge on any atom is -0.454 e. The Bertz CT molecular complexity index is 1020. The third-order valence-corrected chi connectivity index (χ3v) is 7.35. The van der Waals surface area contributed by atoms with Crippen molar-refractivity contribution in [2.75, 3.05) is 41.9 Å². The Morgan fingerprint density at radius 3 is 2.36 bits per heavy atom. The number of hydrogen-bond donors (Lipinski definition) is 2. The third-order valence-electron chi connectivity index (χ3n) is 5.21. The van der Waals surface area contributed by atoms with Crippen LogP contribution in [0, 0.1) is 0 Å². The summed E-state index contributed by atoms with van der Waals surface area (Å²) in [5, 5.41) is 2.69. The second-order valence-electron chi connectivity index (χ2n) is 7.67. The van der Waals surface area contributed by atoms with Crippen LogP contribution in [-0.2, 0) is 24.3 Å². The summed E-state index contributed by atoms with van der Waals surface area (Å²) in [5.74, 6) is -0.734. The fourth-order valence-corrected chi connectivity index (χ4v) is 5.19. The molecule has 0 radical (unpaired) electrons. The van der Waals surface area contributed by atoms with E-state index in [-0.39, 0.29) is 11.3 Å². The zero-order valence-electron chi connectivity index (χ0n) is 18.5. The van der Waals surface area contributed by atoms with Gasteiger partial charge >= 0.3 is 5.97 Å². The Labute approximate surface area is 199 Å². The van der Waals surface area contributed by atoms with Crippen molar-refractivity contribution in [3.05, 3.63) is 54.6 Å². The summed E-state index contributed by atoms with van der Waals surface area (Å²) in [7, 11) is -3.90. The Kier molecular flexibility index (Phi) is 9.16. The van der Waals surface area contributed by atoms with E-state index in [1.165, 1.54) is 36.7 Å². The van der Waals surface area contributed by atoms with Gasteiger partial charge in [-0.05, 0) is 67.7 Å². The van der Waals surface area contributed by atoms with Crippen LogP contribution in [-0.4, -0.2) is 58.0 Å². The lowest BCUT2D eigenvalue weighted by molar-refractivity contribution is -0.149. The van der Waals surface area contributed by atoms with Crippen molar-refractivity contribution in [1.29, 1.82) is 0 Å². The maximum atomic E-state index is 12.6. The highest BCUT2D eigenvalue weighted by Crippen LogP contribution is 2.22. The molecule has 178 valence electrons. The summed E-state index contributed by atoms with van der Waals surface area (Å²) in [6, 6.07) is 14.2. The van der Waals surface area contributed by atoms with Gasteiger partial charge < -0.3 is 15.0 Å². The van der Waals surface area contributed by atoms with E-state index in [0.717, 1.165) is 18.8 Å². The Morgan fingerprint density at radius 1 is 1.06 bits per heavy atom. The SMILES string of the molecule is CSCCC(NS(=O)(=O)c1ccccc1)C(=O)OCC(=O)Nc1ccc(N2CCCC2)cc1. The maximum absolute atomic E-state index is 12.6. The van der Waals surface area contributed by atoms with E-state index >= 15 is 0 Å². The van der Waals surface area contributed by atoms with Crippen LogP contribution in [0.15, 0.2) is 59.5 Å². The lowest BCUT2D eigenvalue weighted by Gasteiger charge is -2.18. The molecule has 0 aliphatic carbocycles. The first-order chi connectivity index (χ1) is 15.9. The van der Waals surface area contributed by atoms with E-state index in [2.05, 4.69) is 14.9 Å². The van der Waals surface area contributed by atoms with Gasteiger partial charge in [-0.25, -0.2) is 8.42 Å². The van der Waals surface area contributed by atoms with Crippen LogP contribution in [0.1, 0.15) is 19.3 Å². The van der Waals surface area contributed by atoms with Crippen LogP contribution in [0.3, 0.4) is 0 Å². The number of hydrogen-bond acceptors (Lipinski definition) is 7. The first-order valence-electron chi connectivity index (χ1n) is 10.8.